The number of hydrogen-bond donors (Lipinski definition) is 1. The van der Waals surface area contributed by atoms with Crippen LogP contribution in [0.15, 0.2) is 53.4 Å². The standard InChI is InChI=1S/C29H34N4O4S2/c1-4-16-32-18-15-23-25(19-32)38-28(26(23)29(35)31(2)3)30-27(34)21-11-13-22(14-12-21)39(36,37)33-17-7-9-20-8-5-6-10-24(20)33/h5-6,8,10-14H,4,7,9,15-19H2,1-3H3,(H,30,34). The van der Waals surface area contributed by atoms with Crippen LogP contribution >= 0.6 is 11.3 Å². The fourth-order valence-corrected chi connectivity index (χ4v) is 8.15. The molecule has 0 aliphatic carbocycles. The first-order chi connectivity index (χ1) is 18.7. The Hall–Kier alpha value is -3.21. The lowest BCUT2D eigenvalue weighted by atomic mass is 10.0. The van der Waals surface area contributed by atoms with Crippen LogP contribution in [0.2, 0.25) is 0 Å². The van der Waals surface area contributed by atoms with E-state index < -0.39 is 10.0 Å². The number of thiophene rings is 1. The van der Waals surface area contributed by atoms with E-state index in [1.807, 2.05) is 24.3 Å². The molecule has 3 heterocycles. The number of rotatable bonds is 7. The number of nitrogens with one attached hydrogen (secondary N) is 1. The molecule has 0 saturated carbocycles. The van der Waals surface area contributed by atoms with E-state index in [4.69, 9.17) is 0 Å². The van der Waals surface area contributed by atoms with E-state index in [0.717, 1.165) is 61.3 Å². The van der Waals surface area contributed by atoms with Gasteiger partial charge in [-0.15, -0.1) is 11.3 Å². The van der Waals surface area contributed by atoms with Crippen molar-refractivity contribution in [3.8, 4) is 0 Å². The number of benzene rings is 2. The highest BCUT2D eigenvalue weighted by Crippen LogP contribution is 2.38. The van der Waals surface area contributed by atoms with Crippen molar-refractivity contribution in [2.24, 2.45) is 0 Å². The molecular weight excluding hydrogens is 532 g/mol. The van der Waals surface area contributed by atoms with Crippen molar-refractivity contribution in [1.29, 1.82) is 0 Å². The summed E-state index contributed by atoms with van der Waals surface area (Å²) < 4.78 is 28.4. The Morgan fingerprint density at radius 1 is 1.03 bits per heavy atom. The molecule has 0 bridgehead atoms. The molecule has 5 rings (SSSR count). The molecule has 0 spiro atoms. The Morgan fingerprint density at radius 2 is 1.77 bits per heavy atom. The summed E-state index contributed by atoms with van der Waals surface area (Å²) in [4.78, 5) is 31.5. The van der Waals surface area contributed by atoms with E-state index >= 15 is 0 Å². The summed E-state index contributed by atoms with van der Waals surface area (Å²) in [6, 6.07) is 13.6. The van der Waals surface area contributed by atoms with Crippen LogP contribution in [0.5, 0.6) is 0 Å². The molecule has 3 aromatic rings. The Morgan fingerprint density at radius 3 is 2.49 bits per heavy atom. The van der Waals surface area contributed by atoms with Crippen LogP contribution in [0.25, 0.3) is 0 Å². The highest BCUT2D eigenvalue weighted by atomic mass is 32.2. The van der Waals surface area contributed by atoms with Gasteiger partial charge in [0, 0.05) is 44.2 Å². The molecule has 2 aliphatic rings. The molecule has 1 N–H and O–H groups in total. The third-order valence-electron chi connectivity index (χ3n) is 7.30. The van der Waals surface area contributed by atoms with Crippen LogP contribution in [0.3, 0.4) is 0 Å². The van der Waals surface area contributed by atoms with Crippen molar-refractivity contribution in [3.63, 3.8) is 0 Å². The van der Waals surface area contributed by atoms with Gasteiger partial charge in [0.05, 0.1) is 16.1 Å². The number of nitrogens with zero attached hydrogens (tertiary/aromatic N) is 3. The number of sulfonamides is 1. The molecule has 0 fully saturated rings. The number of amides is 2. The van der Waals surface area contributed by atoms with Crippen LogP contribution in [0, 0.1) is 0 Å². The lowest BCUT2D eigenvalue weighted by molar-refractivity contribution is 0.0827. The number of para-hydroxylation sites is 1. The Balaban J connectivity index is 1.39. The van der Waals surface area contributed by atoms with Gasteiger partial charge >= 0.3 is 0 Å². The summed E-state index contributed by atoms with van der Waals surface area (Å²) in [7, 11) is -0.343. The minimum atomic E-state index is -3.77. The molecule has 0 atom stereocenters. The van der Waals surface area contributed by atoms with Gasteiger partial charge in [0.25, 0.3) is 21.8 Å². The fraction of sp³-hybridized carbons (Fsp3) is 0.379. The van der Waals surface area contributed by atoms with Gasteiger partial charge in [-0.25, -0.2) is 8.42 Å². The predicted molar refractivity (Wildman–Crippen MR) is 155 cm³/mol. The first-order valence-corrected chi connectivity index (χ1v) is 15.6. The summed E-state index contributed by atoms with van der Waals surface area (Å²) in [5.74, 6) is -0.505. The normalized spacial score (nSPS) is 15.4. The maximum absolute atomic E-state index is 13.5. The second kappa shape index (κ2) is 11.1. The monoisotopic (exact) mass is 566 g/mol. The predicted octanol–water partition coefficient (Wildman–Crippen LogP) is 4.61. The molecule has 2 aliphatic heterocycles. The smallest absolute Gasteiger partial charge is 0.264 e. The minimum Gasteiger partial charge on any atom is -0.345 e. The molecule has 206 valence electrons. The lowest BCUT2D eigenvalue weighted by Gasteiger charge is -2.30. The zero-order chi connectivity index (χ0) is 27.7. The quantitative estimate of drug-likeness (QED) is 0.451. The Bertz CT molecular complexity index is 1500. The van der Waals surface area contributed by atoms with Crippen molar-refractivity contribution < 1.29 is 18.0 Å². The Labute approximate surface area is 234 Å². The third-order valence-corrected chi connectivity index (χ3v) is 10.3. The molecule has 0 unspecified atom stereocenters. The number of carbonyl (C=O) groups is 2. The molecule has 1 aromatic heterocycles. The molecule has 2 amide bonds. The van der Waals surface area contributed by atoms with Crippen LogP contribution in [0.1, 0.15) is 56.5 Å². The lowest BCUT2D eigenvalue weighted by Crippen LogP contribution is -2.35. The molecule has 8 nitrogen and oxygen atoms in total. The first-order valence-electron chi connectivity index (χ1n) is 13.3. The highest BCUT2D eigenvalue weighted by Gasteiger charge is 2.31. The largest absolute Gasteiger partial charge is 0.345 e. The van der Waals surface area contributed by atoms with E-state index in [9.17, 15) is 18.0 Å². The van der Waals surface area contributed by atoms with Gasteiger partial charge in [0.2, 0.25) is 0 Å². The average molecular weight is 567 g/mol. The van der Waals surface area contributed by atoms with Gasteiger partial charge in [-0.05, 0) is 73.7 Å². The molecule has 0 saturated heterocycles. The first kappa shape index (κ1) is 27.4. The maximum Gasteiger partial charge on any atom is 0.264 e. The van der Waals surface area contributed by atoms with E-state index in [2.05, 4.69) is 17.1 Å². The second-order valence-corrected chi connectivity index (χ2v) is 13.2. The summed E-state index contributed by atoms with van der Waals surface area (Å²) in [6.45, 7) is 5.22. The van der Waals surface area contributed by atoms with E-state index in [1.54, 1.807) is 14.1 Å². The molecule has 39 heavy (non-hydrogen) atoms. The van der Waals surface area contributed by atoms with Gasteiger partial charge in [0.1, 0.15) is 5.00 Å². The van der Waals surface area contributed by atoms with E-state index in [1.165, 1.54) is 44.8 Å². The topological polar surface area (TPSA) is 90.0 Å². The van der Waals surface area contributed by atoms with Crippen LogP contribution in [-0.2, 0) is 29.4 Å². The van der Waals surface area contributed by atoms with Crippen LogP contribution in [0.4, 0.5) is 10.7 Å². The Kier molecular flexibility index (Phi) is 7.80. The summed E-state index contributed by atoms with van der Waals surface area (Å²) >= 11 is 1.46. The number of fused-ring (bicyclic) bond motifs is 2. The number of aryl methyl sites for hydroxylation is 1. The van der Waals surface area contributed by atoms with Crippen molar-refractivity contribution in [1.82, 2.24) is 9.80 Å². The van der Waals surface area contributed by atoms with Crippen molar-refractivity contribution in [2.75, 3.05) is 43.4 Å². The number of carbonyl (C=O) groups excluding carboxylic acids is 2. The van der Waals surface area contributed by atoms with Gasteiger partial charge in [-0.3, -0.25) is 18.8 Å². The highest BCUT2D eigenvalue weighted by molar-refractivity contribution is 7.92. The fourth-order valence-electron chi connectivity index (χ4n) is 5.33. The molecular formula is C29H34N4O4S2. The van der Waals surface area contributed by atoms with Gasteiger partial charge in [-0.1, -0.05) is 25.1 Å². The molecule has 10 heteroatoms. The second-order valence-electron chi connectivity index (χ2n) is 10.2. The van der Waals surface area contributed by atoms with Gasteiger partial charge in [0.15, 0.2) is 0 Å². The molecule has 0 radical (unpaired) electrons. The SMILES string of the molecule is CCCN1CCc2c(sc(NC(=O)c3ccc(S(=O)(=O)N4CCCc5ccccc54)cc3)c2C(=O)N(C)C)C1. The van der Waals surface area contributed by atoms with Crippen molar-refractivity contribution in [2.45, 2.75) is 44.0 Å². The van der Waals surface area contributed by atoms with Crippen LogP contribution in [-0.4, -0.2) is 63.8 Å². The third kappa shape index (κ3) is 5.33. The molecule has 2 aromatic carbocycles. The number of anilines is 2. The van der Waals surface area contributed by atoms with Crippen molar-refractivity contribution >= 4 is 43.9 Å². The number of hydrogen-bond acceptors (Lipinski definition) is 6. The maximum atomic E-state index is 13.5. The summed E-state index contributed by atoms with van der Waals surface area (Å²) in [5.41, 5.74) is 3.64. The van der Waals surface area contributed by atoms with Gasteiger partial charge < -0.3 is 10.2 Å². The van der Waals surface area contributed by atoms with Crippen LogP contribution < -0.4 is 9.62 Å². The minimum absolute atomic E-state index is 0.130. The zero-order valence-electron chi connectivity index (χ0n) is 22.6. The average Bonchev–Trinajstić information content (AvgIpc) is 3.29. The summed E-state index contributed by atoms with van der Waals surface area (Å²) in [6.07, 6.45) is 3.43. The summed E-state index contributed by atoms with van der Waals surface area (Å²) in [5, 5.41) is 3.50. The zero-order valence-corrected chi connectivity index (χ0v) is 24.2. The van der Waals surface area contributed by atoms with E-state index in [0.29, 0.717) is 28.4 Å². The van der Waals surface area contributed by atoms with E-state index in [-0.39, 0.29) is 16.7 Å². The van der Waals surface area contributed by atoms with Crippen molar-refractivity contribution in [3.05, 3.63) is 75.7 Å². The van der Waals surface area contributed by atoms with Gasteiger partial charge in [-0.2, -0.15) is 0 Å².